The summed E-state index contributed by atoms with van der Waals surface area (Å²) in [6, 6.07) is 6.86. The van der Waals surface area contributed by atoms with Gasteiger partial charge in [-0.05, 0) is 44.0 Å². The molecule has 3 nitrogen and oxygen atoms in total. The van der Waals surface area contributed by atoms with Crippen LogP contribution in [0.5, 0.6) is 0 Å². The molecule has 0 spiro atoms. The molecular formula is C15H23BrN2O. The fraction of sp³-hybridized carbons (Fsp3) is 0.600. The van der Waals surface area contributed by atoms with Crippen LogP contribution < -0.4 is 10.6 Å². The molecule has 0 radical (unpaired) electrons. The number of morpholine rings is 1. The van der Waals surface area contributed by atoms with E-state index in [9.17, 15) is 0 Å². The largest absolute Gasteiger partial charge is 0.375 e. The number of nitrogens with two attached hydrogens (primary N) is 1. The van der Waals surface area contributed by atoms with E-state index in [1.807, 2.05) is 6.92 Å². The summed E-state index contributed by atoms with van der Waals surface area (Å²) in [5.74, 6) is 0. The summed E-state index contributed by atoms with van der Waals surface area (Å²) in [5, 5.41) is 0. The average molecular weight is 327 g/mol. The Hall–Kier alpha value is -0.580. The molecule has 1 saturated heterocycles. The van der Waals surface area contributed by atoms with Gasteiger partial charge in [0.1, 0.15) is 0 Å². The number of hydrogen-bond donors (Lipinski definition) is 1. The first-order valence-electron chi connectivity index (χ1n) is 6.96. The van der Waals surface area contributed by atoms with Crippen LogP contribution in [-0.2, 0) is 4.74 Å². The monoisotopic (exact) mass is 326 g/mol. The van der Waals surface area contributed by atoms with E-state index in [0.717, 1.165) is 24.0 Å². The van der Waals surface area contributed by atoms with Gasteiger partial charge in [-0.2, -0.15) is 0 Å². The average Bonchev–Trinajstić information content (AvgIpc) is 2.38. The van der Waals surface area contributed by atoms with Gasteiger partial charge in [-0.25, -0.2) is 0 Å². The predicted octanol–water partition coefficient (Wildman–Crippen LogP) is 3.47. The lowest BCUT2D eigenvalue weighted by Gasteiger charge is -2.41. The van der Waals surface area contributed by atoms with Crippen molar-refractivity contribution in [3.8, 4) is 0 Å². The van der Waals surface area contributed by atoms with E-state index in [2.05, 4.69) is 52.9 Å². The van der Waals surface area contributed by atoms with E-state index < -0.39 is 0 Å². The molecule has 2 rings (SSSR count). The van der Waals surface area contributed by atoms with Crippen LogP contribution in [0.25, 0.3) is 0 Å². The zero-order chi connectivity index (χ0) is 14.0. The molecule has 1 aromatic rings. The lowest BCUT2D eigenvalue weighted by Crippen LogP contribution is -2.49. The summed E-state index contributed by atoms with van der Waals surface area (Å²) < 4.78 is 6.86. The first-order chi connectivity index (χ1) is 9.02. The molecule has 2 N–H and O–H groups in total. The number of ether oxygens (including phenoxy) is 1. The van der Waals surface area contributed by atoms with Crippen molar-refractivity contribution in [1.82, 2.24) is 0 Å². The van der Waals surface area contributed by atoms with E-state index >= 15 is 0 Å². The predicted molar refractivity (Wildman–Crippen MR) is 83.6 cm³/mol. The molecule has 19 heavy (non-hydrogen) atoms. The third kappa shape index (κ3) is 3.30. The summed E-state index contributed by atoms with van der Waals surface area (Å²) in [7, 11) is 0. The zero-order valence-electron chi connectivity index (χ0n) is 11.9. The fourth-order valence-electron chi connectivity index (χ4n) is 2.63. The van der Waals surface area contributed by atoms with Crippen LogP contribution in [0.1, 0.15) is 38.8 Å². The van der Waals surface area contributed by atoms with Gasteiger partial charge in [0.2, 0.25) is 0 Å². The van der Waals surface area contributed by atoms with Gasteiger partial charge in [-0.15, -0.1) is 0 Å². The highest BCUT2D eigenvalue weighted by atomic mass is 79.9. The quantitative estimate of drug-likeness (QED) is 0.924. The Labute approximate surface area is 124 Å². The maximum absolute atomic E-state index is 6.13. The van der Waals surface area contributed by atoms with Gasteiger partial charge in [-0.3, -0.25) is 0 Å². The molecule has 0 saturated carbocycles. The lowest BCUT2D eigenvalue weighted by atomic mass is 10.0. The van der Waals surface area contributed by atoms with Crippen molar-refractivity contribution in [2.24, 2.45) is 5.73 Å². The molecule has 0 bridgehead atoms. The zero-order valence-corrected chi connectivity index (χ0v) is 13.5. The van der Waals surface area contributed by atoms with Crippen LogP contribution >= 0.6 is 15.9 Å². The molecule has 1 heterocycles. The highest BCUT2D eigenvalue weighted by molar-refractivity contribution is 9.10. The van der Waals surface area contributed by atoms with Gasteiger partial charge in [0.05, 0.1) is 18.8 Å². The number of benzene rings is 1. The summed E-state index contributed by atoms with van der Waals surface area (Å²) in [6.45, 7) is 8.10. The number of rotatable bonds is 3. The number of halogens is 1. The van der Waals surface area contributed by atoms with Crippen LogP contribution in [0.4, 0.5) is 5.69 Å². The third-order valence-corrected chi connectivity index (χ3v) is 4.22. The third-order valence-electron chi connectivity index (χ3n) is 3.73. The molecule has 4 heteroatoms. The number of nitrogens with zero attached hydrogens (tertiary/aromatic N) is 1. The lowest BCUT2D eigenvalue weighted by molar-refractivity contribution is 0.0299. The van der Waals surface area contributed by atoms with Crippen molar-refractivity contribution in [3.05, 3.63) is 28.2 Å². The van der Waals surface area contributed by atoms with Gasteiger partial charge < -0.3 is 15.4 Å². The van der Waals surface area contributed by atoms with Gasteiger partial charge in [0.25, 0.3) is 0 Å². The second-order valence-electron chi connectivity index (χ2n) is 5.35. The Morgan fingerprint density at radius 3 is 2.89 bits per heavy atom. The molecule has 0 amide bonds. The summed E-state index contributed by atoms with van der Waals surface area (Å²) in [6.07, 6.45) is 1.36. The molecule has 0 aromatic heterocycles. The van der Waals surface area contributed by atoms with Gasteiger partial charge >= 0.3 is 0 Å². The molecule has 1 fully saturated rings. The van der Waals surface area contributed by atoms with Crippen molar-refractivity contribution in [2.45, 2.75) is 45.4 Å². The van der Waals surface area contributed by atoms with Gasteiger partial charge in [0, 0.05) is 22.7 Å². The first-order valence-corrected chi connectivity index (χ1v) is 7.75. The fourth-order valence-corrected chi connectivity index (χ4v) is 3.01. The van der Waals surface area contributed by atoms with Crippen LogP contribution in [0.15, 0.2) is 22.7 Å². The van der Waals surface area contributed by atoms with E-state index in [1.165, 1.54) is 11.3 Å². The Morgan fingerprint density at radius 1 is 1.53 bits per heavy atom. The summed E-state index contributed by atoms with van der Waals surface area (Å²) >= 11 is 3.53. The van der Waals surface area contributed by atoms with E-state index in [0.29, 0.717) is 6.04 Å². The van der Waals surface area contributed by atoms with E-state index in [4.69, 9.17) is 10.5 Å². The Morgan fingerprint density at radius 2 is 2.26 bits per heavy atom. The second-order valence-corrected chi connectivity index (χ2v) is 6.27. The first kappa shape index (κ1) is 14.8. The van der Waals surface area contributed by atoms with Gasteiger partial charge in [0.15, 0.2) is 0 Å². The topological polar surface area (TPSA) is 38.5 Å². The SMILES string of the molecule is CCC1COC(C)CN1c1ccc(Br)cc1C(C)N. The normalized spacial score (nSPS) is 25.4. The van der Waals surface area contributed by atoms with Crippen LogP contribution in [0, 0.1) is 0 Å². The summed E-state index contributed by atoms with van der Waals surface area (Å²) in [4.78, 5) is 2.46. The summed E-state index contributed by atoms with van der Waals surface area (Å²) in [5.41, 5.74) is 8.58. The second kappa shape index (κ2) is 6.25. The van der Waals surface area contributed by atoms with E-state index in [1.54, 1.807) is 0 Å². The minimum Gasteiger partial charge on any atom is -0.375 e. The molecule has 106 valence electrons. The Bertz CT molecular complexity index is 436. The maximum Gasteiger partial charge on any atom is 0.0723 e. The molecule has 1 aliphatic heterocycles. The van der Waals surface area contributed by atoms with Crippen LogP contribution in [0.3, 0.4) is 0 Å². The Balaban J connectivity index is 2.38. The van der Waals surface area contributed by atoms with Crippen molar-refractivity contribution in [1.29, 1.82) is 0 Å². The van der Waals surface area contributed by atoms with Crippen molar-refractivity contribution in [3.63, 3.8) is 0 Å². The molecule has 1 aliphatic rings. The standard InChI is InChI=1S/C15H23BrN2O/c1-4-13-9-19-10(2)8-18(13)15-6-5-12(16)7-14(15)11(3)17/h5-7,10-11,13H,4,8-9,17H2,1-3H3. The molecule has 1 aromatic carbocycles. The number of hydrogen-bond acceptors (Lipinski definition) is 3. The van der Waals surface area contributed by atoms with Crippen molar-refractivity contribution in [2.75, 3.05) is 18.1 Å². The Kier molecular flexibility index (Phi) is 4.87. The van der Waals surface area contributed by atoms with Crippen LogP contribution in [0.2, 0.25) is 0 Å². The minimum absolute atomic E-state index is 0.0307. The van der Waals surface area contributed by atoms with Crippen molar-refractivity contribution >= 4 is 21.6 Å². The highest BCUT2D eigenvalue weighted by Gasteiger charge is 2.27. The number of anilines is 1. The maximum atomic E-state index is 6.13. The molecule has 3 atom stereocenters. The molecule has 0 aliphatic carbocycles. The smallest absolute Gasteiger partial charge is 0.0723 e. The van der Waals surface area contributed by atoms with Crippen LogP contribution in [-0.4, -0.2) is 25.3 Å². The molecule has 3 unspecified atom stereocenters. The highest BCUT2D eigenvalue weighted by Crippen LogP contribution is 2.32. The van der Waals surface area contributed by atoms with E-state index in [-0.39, 0.29) is 12.1 Å². The van der Waals surface area contributed by atoms with Gasteiger partial charge in [-0.1, -0.05) is 22.9 Å². The van der Waals surface area contributed by atoms with Crippen molar-refractivity contribution < 1.29 is 4.74 Å². The minimum atomic E-state index is 0.0307. The molecular weight excluding hydrogens is 304 g/mol.